The van der Waals surface area contributed by atoms with Crippen LogP contribution in [0, 0.1) is 12.8 Å². The van der Waals surface area contributed by atoms with Crippen molar-refractivity contribution in [2.24, 2.45) is 5.92 Å². The fourth-order valence-corrected chi connectivity index (χ4v) is 3.10. The smallest absolute Gasteiger partial charge is 0.0535 e. The first-order chi connectivity index (χ1) is 6.66. The van der Waals surface area contributed by atoms with Gasteiger partial charge in [0.2, 0.25) is 0 Å². The first kappa shape index (κ1) is 9.71. The van der Waals surface area contributed by atoms with E-state index in [1.807, 2.05) is 25.1 Å². The lowest BCUT2D eigenvalue weighted by molar-refractivity contribution is 0.679. The molecule has 2 nitrogen and oxygen atoms in total. The number of anilines is 1. The Morgan fingerprint density at radius 2 is 2.21 bits per heavy atom. The monoisotopic (exact) mass is 209 g/mol. The molecule has 0 amide bonds. The van der Waals surface area contributed by atoms with Gasteiger partial charge in [-0.1, -0.05) is 0 Å². The minimum Gasteiger partial charge on any atom is -0.399 e. The summed E-state index contributed by atoms with van der Waals surface area (Å²) >= 11 is 0. The summed E-state index contributed by atoms with van der Waals surface area (Å²) in [6.45, 7) is 1.97. The molecule has 1 aliphatic carbocycles. The average Bonchev–Trinajstić information content (AvgIpc) is 2.87. The third kappa shape index (κ3) is 2.15. The molecule has 0 radical (unpaired) electrons. The van der Waals surface area contributed by atoms with E-state index in [-0.39, 0.29) is 0 Å². The summed E-state index contributed by atoms with van der Waals surface area (Å²) in [7, 11) is -0.826. The minimum absolute atomic E-state index is 0.702. The van der Waals surface area contributed by atoms with Crippen LogP contribution in [0.1, 0.15) is 18.4 Å². The van der Waals surface area contributed by atoms with Crippen LogP contribution in [0.5, 0.6) is 0 Å². The van der Waals surface area contributed by atoms with Crippen molar-refractivity contribution in [2.75, 3.05) is 11.5 Å². The lowest BCUT2D eigenvalue weighted by Gasteiger charge is -2.05. The number of aryl methyl sites for hydroxylation is 1. The van der Waals surface area contributed by atoms with E-state index in [1.54, 1.807) is 0 Å². The molecule has 14 heavy (non-hydrogen) atoms. The number of nitrogens with two attached hydrogens (primary N) is 1. The summed E-state index contributed by atoms with van der Waals surface area (Å²) in [5.41, 5.74) is 7.43. The zero-order valence-electron chi connectivity index (χ0n) is 8.32. The molecule has 1 aromatic rings. The predicted octanol–water partition coefficient (Wildman–Crippen LogP) is 2.09. The van der Waals surface area contributed by atoms with Crippen molar-refractivity contribution in [3.8, 4) is 0 Å². The number of nitrogen functional groups attached to an aromatic ring is 1. The maximum absolute atomic E-state index is 11.9. The van der Waals surface area contributed by atoms with Crippen molar-refractivity contribution in [2.45, 2.75) is 24.7 Å². The highest BCUT2D eigenvalue weighted by molar-refractivity contribution is 7.85. The van der Waals surface area contributed by atoms with Crippen molar-refractivity contribution < 1.29 is 4.21 Å². The average molecular weight is 209 g/mol. The molecule has 1 unspecified atom stereocenters. The molecule has 2 rings (SSSR count). The third-order valence-corrected chi connectivity index (χ3v) is 4.25. The fraction of sp³-hybridized carbons (Fsp3) is 0.455. The van der Waals surface area contributed by atoms with Gasteiger partial charge in [-0.3, -0.25) is 4.21 Å². The van der Waals surface area contributed by atoms with Gasteiger partial charge in [0.25, 0.3) is 0 Å². The molecule has 0 heterocycles. The zero-order valence-corrected chi connectivity index (χ0v) is 9.14. The number of hydrogen-bond acceptors (Lipinski definition) is 2. The van der Waals surface area contributed by atoms with E-state index in [1.165, 1.54) is 12.8 Å². The molecular weight excluding hydrogens is 194 g/mol. The van der Waals surface area contributed by atoms with Gasteiger partial charge in [-0.15, -0.1) is 0 Å². The van der Waals surface area contributed by atoms with E-state index in [0.717, 1.165) is 21.9 Å². The molecular formula is C11H15NOS. The maximum Gasteiger partial charge on any atom is 0.0535 e. The van der Waals surface area contributed by atoms with Crippen LogP contribution in [0.25, 0.3) is 0 Å². The van der Waals surface area contributed by atoms with Gasteiger partial charge in [-0.05, 0) is 49.4 Å². The zero-order chi connectivity index (χ0) is 10.1. The van der Waals surface area contributed by atoms with Gasteiger partial charge in [0.1, 0.15) is 0 Å². The van der Waals surface area contributed by atoms with Gasteiger partial charge < -0.3 is 5.73 Å². The van der Waals surface area contributed by atoms with Crippen LogP contribution in [0.15, 0.2) is 23.1 Å². The van der Waals surface area contributed by atoms with E-state index < -0.39 is 10.8 Å². The number of rotatable bonds is 3. The van der Waals surface area contributed by atoms with Gasteiger partial charge >= 0.3 is 0 Å². The molecule has 0 aromatic heterocycles. The number of benzene rings is 1. The first-order valence-electron chi connectivity index (χ1n) is 4.91. The van der Waals surface area contributed by atoms with Crippen LogP contribution in [0.4, 0.5) is 5.69 Å². The molecule has 3 heteroatoms. The maximum atomic E-state index is 11.9. The van der Waals surface area contributed by atoms with Crippen LogP contribution in [0.2, 0.25) is 0 Å². The van der Waals surface area contributed by atoms with Crippen LogP contribution in [-0.2, 0) is 10.8 Å². The molecule has 0 saturated heterocycles. The molecule has 1 saturated carbocycles. The topological polar surface area (TPSA) is 43.1 Å². The highest BCUT2D eigenvalue weighted by Gasteiger charge is 2.24. The van der Waals surface area contributed by atoms with Crippen LogP contribution in [0.3, 0.4) is 0 Å². The normalized spacial score (nSPS) is 18.1. The molecule has 0 spiro atoms. The standard InChI is InChI=1S/C11H15NOS/c1-8-6-10(12)4-5-11(8)14(13)7-9-2-3-9/h4-6,9H,2-3,7,12H2,1H3. The third-order valence-electron chi connectivity index (χ3n) is 2.53. The Morgan fingerprint density at radius 1 is 1.50 bits per heavy atom. The SMILES string of the molecule is Cc1cc(N)ccc1S(=O)CC1CC1. The quantitative estimate of drug-likeness (QED) is 0.775. The van der Waals surface area contributed by atoms with E-state index >= 15 is 0 Å². The molecule has 0 aliphatic heterocycles. The Balaban J connectivity index is 2.17. The van der Waals surface area contributed by atoms with Crippen molar-refractivity contribution in [1.29, 1.82) is 0 Å². The Labute approximate surface area is 87.0 Å². The second kappa shape index (κ2) is 3.73. The van der Waals surface area contributed by atoms with Crippen molar-refractivity contribution in [3.05, 3.63) is 23.8 Å². The molecule has 76 valence electrons. The van der Waals surface area contributed by atoms with Crippen LogP contribution >= 0.6 is 0 Å². The molecule has 1 atom stereocenters. The van der Waals surface area contributed by atoms with Gasteiger partial charge in [-0.2, -0.15) is 0 Å². The first-order valence-corrected chi connectivity index (χ1v) is 6.23. The summed E-state index contributed by atoms with van der Waals surface area (Å²) in [4.78, 5) is 0.950. The summed E-state index contributed by atoms with van der Waals surface area (Å²) in [6.07, 6.45) is 2.50. The highest BCUT2D eigenvalue weighted by atomic mass is 32.2. The highest BCUT2D eigenvalue weighted by Crippen LogP contribution is 2.31. The Bertz CT molecular complexity index is 372. The molecule has 1 fully saturated rings. The van der Waals surface area contributed by atoms with Gasteiger partial charge in [0, 0.05) is 16.3 Å². The molecule has 0 bridgehead atoms. The predicted molar refractivity (Wildman–Crippen MR) is 59.6 cm³/mol. The summed E-state index contributed by atoms with van der Waals surface area (Å²) in [5, 5.41) is 0. The van der Waals surface area contributed by atoms with Crippen molar-refractivity contribution >= 4 is 16.5 Å². The van der Waals surface area contributed by atoms with E-state index in [0.29, 0.717) is 5.92 Å². The number of hydrogen-bond donors (Lipinski definition) is 1. The van der Waals surface area contributed by atoms with E-state index in [9.17, 15) is 4.21 Å². The second-order valence-electron chi connectivity index (χ2n) is 3.98. The Kier molecular flexibility index (Phi) is 2.59. The lowest BCUT2D eigenvalue weighted by atomic mass is 10.2. The molecule has 1 aliphatic rings. The molecule has 1 aromatic carbocycles. The summed E-state index contributed by atoms with van der Waals surface area (Å²) in [5.74, 6) is 1.53. The summed E-state index contributed by atoms with van der Waals surface area (Å²) < 4.78 is 11.9. The van der Waals surface area contributed by atoms with Gasteiger partial charge in [0.15, 0.2) is 0 Å². The Morgan fingerprint density at radius 3 is 2.79 bits per heavy atom. The van der Waals surface area contributed by atoms with Gasteiger partial charge in [0.05, 0.1) is 10.8 Å². The second-order valence-corrected chi connectivity index (χ2v) is 5.44. The fourth-order valence-electron chi connectivity index (χ4n) is 1.52. The van der Waals surface area contributed by atoms with Crippen LogP contribution in [-0.4, -0.2) is 9.96 Å². The summed E-state index contributed by atoms with van der Waals surface area (Å²) in [6, 6.07) is 5.61. The van der Waals surface area contributed by atoms with Gasteiger partial charge in [-0.25, -0.2) is 0 Å². The van der Waals surface area contributed by atoms with E-state index in [4.69, 9.17) is 5.73 Å². The largest absolute Gasteiger partial charge is 0.399 e. The Hall–Kier alpha value is -0.830. The molecule has 2 N–H and O–H groups in total. The van der Waals surface area contributed by atoms with Crippen molar-refractivity contribution in [1.82, 2.24) is 0 Å². The minimum atomic E-state index is -0.826. The lowest BCUT2D eigenvalue weighted by Crippen LogP contribution is -2.02. The van der Waals surface area contributed by atoms with Crippen LogP contribution < -0.4 is 5.73 Å². The van der Waals surface area contributed by atoms with E-state index in [2.05, 4.69) is 0 Å². The van der Waals surface area contributed by atoms with Crippen molar-refractivity contribution in [3.63, 3.8) is 0 Å².